The summed E-state index contributed by atoms with van der Waals surface area (Å²) < 4.78 is 5.72. The topological polar surface area (TPSA) is 91.1 Å². The van der Waals surface area contributed by atoms with Crippen molar-refractivity contribution in [2.45, 2.75) is 38.4 Å². The maximum absolute atomic E-state index is 14.0. The fourth-order valence-electron chi connectivity index (χ4n) is 4.93. The monoisotopic (exact) mass is 536 g/mol. The molecule has 1 unspecified atom stereocenters. The van der Waals surface area contributed by atoms with Crippen LogP contribution in [0.1, 0.15) is 36.9 Å². The van der Waals surface area contributed by atoms with Crippen LogP contribution in [0.3, 0.4) is 0 Å². The van der Waals surface area contributed by atoms with E-state index in [0.29, 0.717) is 30.2 Å². The summed E-state index contributed by atoms with van der Waals surface area (Å²) in [4.78, 5) is 34.4. The van der Waals surface area contributed by atoms with Gasteiger partial charge in [0.1, 0.15) is 0 Å². The molecule has 0 aliphatic carbocycles. The number of fused-ring (bicyclic) bond motifs is 1. The van der Waals surface area contributed by atoms with Gasteiger partial charge in [-0.2, -0.15) is 4.98 Å². The van der Waals surface area contributed by atoms with E-state index in [9.17, 15) is 9.59 Å². The maximum Gasteiger partial charge on any atom is 0.333 e. The highest BCUT2D eigenvalue weighted by atomic mass is 79.9. The summed E-state index contributed by atoms with van der Waals surface area (Å²) >= 11 is 3.64. The maximum atomic E-state index is 14.0. The third kappa shape index (κ3) is 4.23. The molecule has 8 nitrogen and oxygen atoms in total. The Morgan fingerprint density at radius 2 is 1.83 bits per heavy atom. The van der Waals surface area contributed by atoms with Crippen LogP contribution in [0.25, 0.3) is 11.2 Å². The van der Waals surface area contributed by atoms with Crippen LogP contribution in [-0.2, 0) is 13.6 Å². The number of aromatic nitrogens is 4. The molecule has 2 aromatic carbocycles. The molecule has 2 atom stereocenters. The average molecular weight is 537 g/mol. The summed E-state index contributed by atoms with van der Waals surface area (Å²) in [5, 5.41) is 0. The molecule has 0 radical (unpaired) electrons. The number of hydrogen-bond donors (Lipinski definition) is 1. The Balaban J connectivity index is 1.77. The van der Waals surface area contributed by atoms with Crippen LogP contribution < -0.4 is 21.9 Å². The Morgan fingerprint density at radius 3 is 2.54 bits per heavy atom. The highest BCUT2D eigenvalue weighted by molar-refractivity contribution is 9.10. The predicted molar refractivity (Wildman–Crippen MR) is 142 cm³/mol. The van der Waals surface area contributed by atoms with Gasteiger partial charge >= 0.3 is 5.69 Å². The first-order valence-electron chi connectivity index (χ1n) is 11.9. The first-order valence-corrected chi connectivity index (χ1v) is 12.7. The number of halogens is 1. The van der Waals surface area contributed by atoms with E-state index in [1.165, 1.54) is 9.13 Å². The van der Waals surface area contributed by atoms with Gasteiger partial charge in [-0.3, -0.25) is 18.5 Å². The molecule has 35 heavy (non-hydrogen) atoms. The molecule has 4 aromatic rings. The highest BCUT2D eigenvalue weighted by Crippen LogP contribution is 2.27. The number of anilines is 1. The zero-order valence-corrected chi connectivity index (χ0v) is 21.5. The Hall–Kier alpha value is -3.17. The molecule has 0 amide bonds. The number of imidazole rings is 1. The zero-order chi connectivity index (χ0) is 24.7. The van der Waals surface area contributed by atoms with E-state index in [1.807, 2.05) is 66.1 Å². The number of rotatable bonds is 5. The Labute approximate surface area is 211 Å². The van der Waals surface area contributed by atoms with Gasteiger partial charge in [0.15, 0.2) is 11.2 Å². The summed E-state index contributed by atoms with van der Waals surface area (Å²) in [6.45, 7) is 3.77. The van der Waals surface area contributed by atoms with E-state index in [2.05, 4.69) is 20.8 Å². The van der Waals surface area contributed by atoms with Gasteiger partial charge in [0, 0.05) is 30.7 Å². The van der Waals surface area contributed by atoms with Gasteiger partial charge < -0.3 is 10.6 Å². The molecular weight excluding hydrogens is 508 g/mol. The molecule has 2 N–H and O–H groups in total. The molecule has 5 rings (SSSR count). The predicted octanol–water partition coefficient (Wildman–Crippen LogP) is 3.24. The third-order valence-corrected chi connectivity index (χ3v) is 7.63. The van der Waals surface area contributed by atoms with Crippen molar-refractivity contribution in [3.8, 4) is 0 Å². The van der Waals surface area contributed by atoms with Gasteiger partial charge in [0.25, 0.3) is 5.56 Å². The van der Waals surface area contributed by atoms with E-state index < -0.39 is 6.04 Å². The van der Waals surface area contributed by atoms with Crippen molar-refractivity contribution in [1.82, 2.24) is 18.7 Å². The lowest BCUT2D eigenvalue weighted by atomic mass is 10.1. The lowest BCUT2D eigenvalue weighted by molar-refractivity contribution is 0.495. The van der Waals surface area contributed by atoms with Crippen molar-refractivity contribution in [2.75, 3.05) is 18.0 Å². The van der Waals surface area contributed by atoms with Gasteiger partial charge in [-0.05, 0) is 37.0 Å². The summed E-state index contributed by atoms with van der Waals surface area (Å²) in [5.74, 6) is 0.670. The standard InChI is InChI=1S/C26H29BrN6O2/c1-17(18-9-4-3-5-10-18)33-24(34)22-23(30(2)26(33)35)29-25(31-14-8-12-20(28)16-31)32(22)15-19-11-6-7-13-21(19)27/h3-7,9-11,13,17,20H,8,12,14-16,28H2,1-2H3/t17-,20?/m1/s1. The lowest BCUT2D eigenvalue weighted by Crippen LogP contribution is -2.44. The van der Waals surface area contributed by atoms with Crippen LogP contribution in [-0.4, -0.2) is 37.8 Å². The minimum absolute atomic E-state index is 0.0408. The fourth-order valence-corrected chi connectivity index (χ4v) is 5.34. The highest BCUT2D eigenvalue weighted by Gasteiger charge is 2.28. The molecule has 1 aliphatic heterocycles. The molecule has 182 valence electrons. The van der Waals surface area contributed by atoms with E-state index in [-0.39, 0.29) is 17.3 Å². The van der Waals surface area contributed by atoms with Crippen LogP contribution >= 0.6 is 15.9 Å². The van der Waals surface area contributed by atoms with Crippen molar-refractivity contribution in [3.63, 3.8) is 0 Å². The fraction of sp³-hybridized carbons (Fsp3) is 0.346. The van der Waals surface area contributed by atoms with Crippen LogP contribution in [0.4, 0.5) is 5.95 Å². The van der Waals surface area contributed by atoms with E-state index in [1.54, 1.807) is 7.05 Å². The quantitative estimate of drug-likeness (QED) is 0.422. The van der Waals surface area contributed by atoms with Crippen LogP contribution in [0.2, 0.25) is 0 Å². The van der Waals surface area contributed by atoms with E-state index in [0.717, 1.165) is 35.0 Å². The molecule has 3 heterocycles. The van der Waals surface area contributed by atoms with Crippen molar-refractivity contribution < 1.29 is 0 Å². The van der Waals surface area contributed by atoms with Crippen LogP contribution in [0, 0.1) is 0 Å². The molecule has 2 aromatic heterocycles. The Kier molecular flexibility index (Phi) is 6.37. The molecule has 0 bridgehead atoms. The minimum atomic E-state index is -0.425. The molecule has 0 spiro atoms. The van der Waals surface area contributed by atoms with Crippen molar-refractivity contribution in [1.29, 1.82) is 0 Å². The number of benzene rings is 2. The first-order chi connectivity index (χ1) is 16.9. The number of nitrogens with two attached hydrogens (primary N) is 1. The first kappa shape index (κ1) is 23.6. The second-order valence-electron chi connectivity index (χ2n) is 9.21. The average Bonchev–Trinajstić information content (AvgIpc) is 3.24. The SMILES string of the molecule is C[C@H](c1ccccc1)n1c(=O)c2c(nc(N3CCCC(N)C3)n2Cc2ccccc2Br)n(C)c1=O. The van der Waals surface area contributed by atoms with Gasteiger partial charge in [-0.1, -0.05) is 64.5 Å². The van der Waals surface area contributed by atoms with Gasteiger partial charge in [-0.15, -0.1) is 0 Å². The van der Waals surface area contributed by atoms with E-state index >= 15 is 0 Å². The Morgan fingerprint density at radius 1 is 1.11 bits per heavy atom. The second-order valence-corrected chi connectivity index (χ2v) is 10.1. The summed E-state index contributed by atoms with van der Waals surface area (Å²) in [6, 6.07) is 17.2. The molecule has 9 heteroatoms. The second kappa shape index (κ2) is 9.47. The third-order valence-electron chi connectivity index (χ3n) is 6.86. The number of nitrogens with zero attached hydrogens (tertiary/aromatic N) is 5. The van der Waals surface area contributed by atoms with Crippen molar-refractivity contribution in [3.05, 3.63) is 91.0 Å². The largest absolute Gasteiger partial charge is 0.341 e. The smallest absolute Gasteiger partial charge is 0.333 e. The summed E-state index contributed by atoms with van der Waals surface area (Å²) in [6.07, 6.45) is 1.91. The molecule has 1 saturated heterocycles. The summed E-state index contributed by atoms with van der Waals surface area (Å²) in [7, 11) is 1.68. The Bertz CT molecular complexity index is 1490. The van der Waals surface area contributed by atoms with Crippen LogP contribution in [0.5, 0.6) is 0 Å². The molecule has 1 aliphatic rings. The molecule has 0 saturated carbocycles. The normalized spacial score (nSPS) is 17.1. The van der Waals surface area contributed by atoms with Gasteiger partial charge in [0.05, 0.1) is 12.6 Å². The van der Waals surface area contributed by atoms with Crippen LogP contribution in [0.15, 0.2) is 68.7 Å². The number of piperidine rings is 1. The summed E-state index contributed by atoms with van der Waals surface area (Å²) in [5.41, 5.74) is 8.28. The number of aryl methyl sites for hydroxylation is 1. The number of hydrogen-bond acceptors (Lipinski definition) is 5. The molecular formula is C26H29BrN6O2. The van der Waals surface area contributed by atoms with E-state index in [4.69, 9.17) is 10.7 Å². The van der Waals surface area contributed by atoms with Crippen molar-refractivity contribution >= 4 is 33.0 Å². The van der Waals surface area contributed by atoms with Gasteiger partial charge in [0.2, 0.25) is 5.95 Å². The van der Waals surface area contributed by atoms with Gasteiger partial charge in [-0.25, -0.2) is 4.79 Å². The lowest BCUT2D eigenvalue weighted by Gasteiger charge is -2.32. The van der Waals surface area contributed by atoms with Crippen molar-refractivity contribution in [2.24, 2.45) is 12.8 Å². The zero-order valence-electron chi connectivity index (χ0n) is 19.9. The minimum Gasteiger partial charge on any atom is -0.341 e. The molecule has 1 fully saturated rings.